The molecule has 3 heterocycles. The van der Waals surface area contributed by atoms with Crippen LogP contribution in [0.5, 0.6) is 11.5 Å². The van der Waals surface area contributed by atoms with Gasteiger partial charge in [-0.15, -0.1) is 0 Å². The molecule has 0 amide bonds. The van der Waals surface area contributed by atoms with Gasteiger partial charge in [0, 0.05) is 33.0 Å². The van der Waals surface area contributed by atoms with Crippen LogP contribution in [0.15, 0.2) is 103 Å². The first-order valence-corrected chi connectivity index (χ1v) is 16.9. The summed E-state index contributed by atoms with van der Waals surface area (Å²) in [7, 11) is 0. The molecule has 216 valence electrons. The van der Waals surface area contributed by atoms with Gasteiger partial charge in [0.05, 0.1) is 10.8 Å². The first-order chi connectivity index (χ1) is 19.7. The Morgan fingerprint density at radius 2 is 1.40 bits per heavy atom. The molecule has 1 spiro atoms. The Morgan fingerprint density at radius 3 is 2.09 bits per heavy atom. The third kappa shape index (κ3) is 7.61. The van der Waals surface area contributed by atoms with E-state index in [0.717, 1.165) is 47.3 Å². The van der Waals surface area contributed by atoms with Crippen LogP contribution in [-0.4, -0.2) is 34.0 Å². The number of benzene rings is 4. The molecule has 0 saturated heterocycles. The van der Waals surface area contributed by atoms with E-state index in [1.807, 2.05) is 42.5 Å². The number of rotatable bonds is 0. The molecule has 0 radical (unpaired) electrons. The van der Waals surface area contributed by atoms with Gasteiger partial charge >= 0.3 is 23.1 Å². The molecule has 0 aliphatic carbocycles. The zero-order chi connectivity index (χ0) is 29.3. The number of halogens is 5. The number of hydrogen-bond donors (Lipinski definition) is 1. The van der Waals surface area contributed by atoms with Gasteiger partial charge in [-0.2, -0.15) is 0 Å². The number of aliphatic imine (C=N–C) groups is 1. The van der Waals surface area contributed by atoms with Crippen molar-refractivity contribution in [2.75, 3.05) is 5.75 Å². The molecule has 0 bridgehead atoms. The molecule has 7 rings (SSSR count). The SMILES string of the molecule is NC1=NC2(CCS1)c1cc(Br)ccc1Oc1ccc(I)cc12.O=c1c2cc(Br)ccc2oc2ccc(I)cc12.[CH-]=C.[Cl-].[Mg+2]. The summed E-state index contributed by atoms with van der Waals surface area (Å²) < 4.78 is 15.9. The van der Waals surface area contributed by atoms with Gasteiger partial charge in [0.1, 0.15) is 28.2 Å². The summed E-state index contributed by atoms with van der Waals surface area (Å²) >= 11 is 13.1. The predicted octanol–water partition coefficient (Wildman–Crippen LogP) is 6.40. The molecule has 1 aromatic heterocycles. The zero-order valence-electron chi connectivity index (χ0n) is 22.4. The summed E-state index contributed by atoms with van der Waals surface area (Å²) in [5.74, 6) is 2.69. The molecule has 43 heavy (non-hydrogen) atoms. The molecule has 12 heteroatoms. The molecule has 2 aliphatic rings. The van der Waals surface area contributed by atoms with E-state index in [4.69, 9.17) is 19.9 Å². The number of thioether (sulfide) groups is 1. The maximum atomic E-state index is 12.3. The Kier molecular flexibility index (Phi) is 13.3. The third-order valence-corrected chi connectivity index (χ3v) is 9.73. The summed E-state index contributed by atoms with van der Waals surface area (Å²) in [6.45, 7) is 7.00. The normalized spacial score (nSPS) is 16.0. The summed E-state index contributed by atoms with van der Waals surface area (Å²) in [6.07, 6.45) is 0.915. The van der Waals surface area contributed by atoms with Gasteiger partial charge in [-0.05, 0) is 124 Å². The van der Waals surface area contributed by atoms with Crippen molar-refractivity contribution in [1.82, 2.24) is 0 Å². The van der Waals surface area contributed by atoms with Crippen LogP contribution in [0, 0.1) is 13.7 Å². The molecule has 0 fully saturated rings. The van der Waals surface area contributed by atoms with Crippen molar-refractivity contribution in [3.8, 4) is 11.5 Å². The topological polar surface area (TPSA) is 77.8 Å². The van der Waals surface area contributed by atoms with Crippen molar-refractivity contribution in [2.45, 2.75) is 12.0 Å². The van der Waals surface area contributed by atoms with Gasteiger partial charge < -0.3 is 33.9 Å². The quantitative estimate of drug-likeness (QED) is 0.0843. The van der Waals surface area contributed by atoms with Crippen LogP contribution in [-0.2, 0) is 5.54 Å². The fraction of sp³-hybridized carbons (Fsp3) is 0.0968. The number of nitrogens with two attached hydrogens (primary N) is 1. The number of hydrogen-bond acceptors (Lipinski definition) is 6. The average Bonchev–Trinajstić information content (AvgIpc) is 2.97. The fourth-order valence-electron chi connectivity index (χ4n) is 4.86. The monoisotopic (exact) mass is 972 g/mol. The molecule has 4 aromatic carbocycles. The van der Waals surface area contributed by atoms with Crippen molar-refractivity contribution in [2.24, 2.45) is 10.7 Å². The number of ether oxygens (including phenoxy) is 1. The van der Waals surface area contributed by atoms with Gasteiger partial charge in [-0.3, -0.25) is 11.4 Å². The molecule has 1 unspecified atom stereocenters. The second kappa shape index (κ2) is 15.7. The van der Waals surface area contributed by atoms with E-state index in [9.17, 15) is 4.79 Å². The minimum absolute atomic E-state index is 0. The van der Waals surface area contributed by atoms with Crippen LogP contribution < -0.4 is 28.3 Å². The Bertz CT molecular complexity index is 1790. The summed E-state index contributed by atoms with van der Waals surface area (Å²) in [5, 5.41) is 1.88. The second-order valence-corrected chi connectivity index (χ2v) is 14.4. The second-order valence-electron chi connectivity index (χ2n) is 9.00. The van der Waals surface area contributed by atoms with Crippen LogP contribution in [0.4, 0.5) is 0 Å². The van der Waals surface area contributed by atoms with Gasteiger partial charge in [-0.25, -0.2) is 4.99 Å². The number of fused-ring (bicyclic) bond motifs is 6. The van der Waals surface area contributed by atoms with Crippen LogP contribution in [0.3, 0.4) is 0 Å². The van der Waals surface area contributed by atoms with Crippen molar-refractivity contribution in [1.29, 1.82) is 0 Å². The van der Waals surface area contributed by atoms with E-state index in [1.54, 1.807) is 23.9 Å². The molecule has 5 nitrogen and oxygen atoms in total. The molecular formula is C31H21Br2ClI2MgN2O3S. The van der Waals surface area contributed by atoms with Crippen molar-refractivity contribution >= 4 is 139 Å². The first-order valence-electron chi connectivity index (χ1n) is 12.2. The van der Waals surface area contributed by atoms with Crippen molar-refractivity contribution in [3.05, 3.63) is 123 Å². The Morgan fingerprint density at radius 1 is 0.860 bits per heavy atom. The maximum Gasteiger partial charge on any atom is 2.00 e. The van der Waals surface area contributed by atoms with E-state index in [-0.39, 0.29) is 40.9 Å². The smallest absolute Gasteiger partial charge is 1.00 e. The third-order valence-electron chi connectivity index (χ3n) is 6.60. The van der Waals surface area contributed by atoms with Crippen LogP contribution in [0.1, 0.15) is 17.5 Å². The molecule has 2 N–H and O–H groups in total. The number of nitrogens with zero attached hydrogens (tertiary/aromatic N) is 1. The number of amidine groups is 1. The fourth-order valence-corrected chi connectivity index (χ4v) is 7.39. The Labute approximate surface area is 320 Å². The van der Waals surface area contributed by atoms with E-state index >= 15 is 0 Å². The standard InChI is InChI=1S/C16H12BrIN2OS.C13H6BrIO2.C2H3.ClH.Mg/c17-9-1-3-13-11(7-9)16(5-6-22-15(19)20-16)12-8-10(18)2-4-14(12)21-13;14-7-1-3-11-9(5-7)13(16)10-6-8(15)2-4-12(10)17-11;1-2;;/h1-4,7-8H,5-6H2,(H2,19,20);1-6H;1H,2H2;1H;/q;;-1;;+2/p-1. The van der Waals surface area contributed by atoms with Crippen LogP contribution >= 0.6 is 88.8 Å². The minimum Gasteiger partial charge on any atom is -1.00 e. The minimum atomic E-state index is -0.441. The van der Waals surface area contributed by atoms with Crippen molar-refractivity contribution in [3.63, 3.8) is 0 Å². The van der Waals surface area contributed by atoms with Gasteiger partial charge in [0.15, 0.2) is 5.17 Å². The van der Waals surface area contributed by atoms with Crippen LogP contribution in [0.2, 0.25) is 0 Å². The largest absolute Gasteiger partial charge is 2.00 e. The molecule has 0 saturated carbocycles. The van der Waals surface area contributed by atoms with E-state index in [0.29, 0.717) is 27.1 Å². The Hall–Kier alpha value is -0.814. The van der Waals surface area contributed by atoms with Gasteiger partial charge in [-0.1, -0.05) is 43.6 Å². The summed E-state index contributed by atoms with van der Waals surface area (Å²) in [4.78, 5) is 17.2. The van der Waals surface area contributed by atoms with Crippen LogP contribution in [0.25, 0.3) is 21.9 Å². The van der Waals surface area contributed by atoms with E-state index in [2.05, 4.69) is 108 Å². The summed E-state index contributed by atoms with van der Waals surface area (Å²) in [6, 6.07) is 23.4. The molecule has 2 aliphatic heterocycles. The summed E-state index contributed by atoms with van der Waals surface area (Å²) in [5.41, 5.74) is 9.10. The van der Waals surface area contributed by atoms with E-state index < -0.39 is 5.54 Å². The molecular weight excluding hydrogens is 954 g/mol. The molecule has 1 atom stereocenters. The van der Waals surface area contributed by atoms with Gasteiger partial charge in [0.2, 0.25) is 5.43 Å². The first kappa shape index (κ1) is 36.7. The zero-order valence-corrected chi connectivity index (χ0v) is 32.9. The van der Waals surface area contributed by atoms with Crippen molar-refractivity contribution < 1.29 is 21.6 Å². The maximum absolute atomic E-state index is 12.3. The average molecular weight is 975 g/mol. The Balaban J connectivity index is 0.000000219. The van der Waals surface area contributed by atoms with E-state index in [1.165, 1.54) is 3.57 Å². The predicted molar refractivity (Wildman–Crippen MR) is 199 cm³/mol. The van der Waals surface area contributed by atoms with Gasteiger partial charge in [0.25, 0.3) is 0 Å². The molecule has 5 aromatic rings.